The number of hydrogen-bond acceptors (Lipinski definition) is 4. The molecule has 0 radical (unpaired) electrons. The molecule has 0 saturated heterocycles. The van der Waals surface area contributed by atoms with Gasteiger partial charge in [-0.15, -0.1) is 0 Å². The van der Waals surface area contributed by atoms with E-state index in [1.807, 2.05) is 0 Å². The van der Waals surface area contributed by atoms with Gasteiger partial charge in [0.2, 0.25) is 5.91 Å². The molecule has 100 valence electrons. The summed E-state index contributed by atoms with van der Waals surface area (Å²) in [6, 6.07) is 5.15. The number of carbonyl (C=O) groups excluding carboxylic acids is 1. The quantitative estimate of drug-likeness (QED) is 0.811. The van der Waals surface area contributed by atoms with E-state index in [-0.39, 0.29) is 12.3 Å². The number of ether oxygens (including phenoxy) is 2. The summed E-state index contributed by atoms with van der Waals surface area (Å²) in [5.41, 5.74) is 0.613. The zero-order valence-electron chi connectivity index (χ0n) is 10.9. The molecule has 0 spiro atoms. The minimum atomic E-state index is -0.476. The highest BCUT2D eigenvalue weighted by Crippen LogP contribution is 2.25. The van der Waals surface area contributed by atoms with Gasteiger partial charge in [-0.1, -0.05) is 0 Å². The number of aliphatic hydroxyl groups excluding tert-OH is 1. The molecule has 5 heteroatoms. The van der Waals surface area contributed by atoms with Crippen LogP contribution < -0.4 is 14.8 Å². The standard InChI is InChI=1S/C13H19NO4/c1-9(15)4-5-13(16)14-10-6-11(17-2)8-12(7-10)18-3/h6-9,15H,4-5H2,1-3H3,(H,14,16). The largest absolute Gasteiger partial charge is 0.497 e. The Morgan fingerprint density at radius 2 is 1.83 bits per heavy atom. The summed E-state index contributed by atoms with van der Waals surface area (Å²) in [6.45, 7) is 1.65. The third kappa shape index (κ3) is 4.63. The molecule has 1 rings (SSSR count). The van der Waals surface area contributed by atoms with E-state index < -0.39 is 6.10 Å². The average Bonchev–Trinajstić information content (AvgIpc) is 2.35. The Morgan fingerprint density at radius 3 is 2.28 bits per heavy atom. The Kier molecular flexibility index (Phi) is 5.45. The van der Waals surface area contributed by atoms with E-state index in [4.69, 9.17) is 14.6 Å². The van der Waals surface area contributed by atoms with E-state index in [0.717, 1.165) is 0 Å². The summed E-state index contributed by atoms with van der Waals surface area (Å²) >= 11 is 0. The highest BCUT2D eigenvalue weighted by atomic mass is 16.5. The number of benzene rings is 1. The van der Waals surface area contributed by atoms with Crippen LogP contribution in [0, 0.1) is 0 Å². The lowest BCUT2D eigenvalue weighted by Gasteiger charge is -2.10. The molecular weight excluding hydrogens is 234 g/mol. The number of methoxy groups -OCH3 is 2. The van der Waals surface area contributed by atoms with Gasteiger partial charge in [-0.2, -0.15) is 0 Å². The summed E-state index contributed by atoms with van der Waals surface area (Å²) in [6.07, 6.45) is 0.236. The second-order valence-electron chi connectivity index (χ2n) is 4.04. The summed E-state index contributed by atoms with van der Waals surface area (Å²) in [7, 11) is 3.10. The number of hydrogen-bond donors (Lipinski definition) is 2. The monoisotopic (exact) mass is 253 g/mol. The van der Waals surface area contributed by atoms with E-state index in [2.05, 4.69) is 5.32 Å². The molecule has 18 heavy (non-hydrogen) atoms. The van der Waals surface area contributed by atoms with Crippen molar-refractivity contribution in [3.63, 3.8) is 0 Å². The minimum Gasteiger partial charge on any atom is -0.497 e. The van der Waals surface area contributed by atoms with Crippen LogP contribution >= 0.6 is 0 Å². The molecule has 0 saturated carbocycles. The van der Waals surface area contributed by atoms with Crippen molar-refractivity contribution in [3.8, 4) is 11.5 Å². The zero-order valence-corrected chi connectivity index (χ0v) is 10.9. The van der Waals surface area contributed by atoms with Gasteiger partial charge in [0.05, 0.1) is 20.3 Å². The van der Waals surface area contributed by atoms with Gasteiger partial charge in [-0.25, -0.2) is 0 Å². The molecule has 1 aromatic rings. The van der Waals surface area contributed by atoms with Crippen LogP contribution in [0.15, 0.2) is 18.2 Å². The smallest absolute Gasteiger partial charge is 0.224 e. The van der Waals surface area contributed by atoms with Crippen molar-refractivity contribution in [2.45, 2.75) is 25.9 Å². The van der Waals surface area contributed by atoms with Crippen LogP contribution in [0.3, 0.4) is 0 Å². The van der Waals surface area contributed by atoms with Crippen molar-refractivity contribution in [1.29, 1.82) is 0 Å². The second-order valence-corrected chi connectivity index (χ2v) is 4.04. The fraction of sp³-hybridized carbons (Fsp3) is 0.462. The van der Waals surface area contributed by atoms with Crippen LogP contribution in [0.25, 0.3) is 0 Å². The Bertz CT molecular complexity index is 382. The van der Waals surface area contributed by atoms with E-state index in [1.54, 1.807) is 39.3 Å². The normalized spacial score (nSPS) is 11.8. The maximum atomic E-state index is 11.6. The molecule has 0 aromatic heterocycles. The van der Waals surface area contributed by atoms with Gasteiger partial charge in [-0.05, 0) is 13.3 Å². The summed E-state index contributed by atoms with van der Waals surface area (Å²) in [4.78, 5) is 11.6. The molecule has 0 aliphatic rings. The van der Waals surface area contributed by atoms with Crippen LogP contribution in [0.4, 0.5) is 5.69 Å². The summed E-state index contributed by atoms with van der Waals surface area (Å²) in [5.74, 6) is 1.08. The van der Waals surface area contributed by atoms with Gasteiger partial charge in [0.15, 0.2) is 0 Å². The first kappa shape index (κ1) is 14.3. The fourth-order valence-corrected chi connectivity index (χ4v) is 1.44. The molecule has 0 heterocycles. The number of anilines is 1. The predicted octanol–water partition coefficient (Wildman–Crippen LogP) is 1.80. The number of carbonyl (C=O) groups is 1. The maximum absolute atomic E-state index is 11.6. The lowest BCUT2D eigenvalue weighted by molar-refractivity contribution is -0.116. The van der Waals surface area contributed by atoms with Crippen molar-refractivity contribution in [1.82, 2.24) is 0 Å². The average molecular weight is 253 g/mol. The van der Waals surface area contributed by atoms with E-state index in [1.165, 1.54) is 0 Å². The van der Waals surface area contributed by atoms with Gasteiger partial charge in [-0.3, -0.25) is 4.79 Å². The third-order valence-corrected chi connectivity index (χ3v) is 2.42. The molecule has 1 unspecified atom stereocenters. The molecule has 0 aliphatic carbocycles. The Hall–Kier alpha value is -1.75. The molecule has 0 fully saturated rings. The van der Waals surface area contributed by atoms with Crippen molar-refractivity contribution in [2.75, 3.05) is 19.5 Å². The van der Waals surface area contributed by atoms with Gasteiger partial charge in [0.25, 0.3) is 0 Å². The molecule has 0 aliphatic heterocycles. The molecule has 5 nitrogen and oxygen atoms in total. The first-order chi connectivity index (χ1) is 8.55. The lowest BCUT2D eigenvalue weighted by Crippen LogP contribution is -2.14. The molecule has 1 amide bonds. The summed E-state index contributed by atoms with van der Waals surface area (Å²) in [5, 5.41) is 11.8. The van der Waals surface area contributed by atoms with Gasteiger partial charge >= 0.3 is 0 Å². The number of aliphatic hydroxyl groups is 1. The molecule has 1 aromatic carbocycles. The highest BCUT2D eigenvalue weighted by Gasteiger charge is 2.07. The van der Waals surface area contributed by atoms with Crippen LogP contribution in [0.2, 0.25) is 0 Å². The highest BCUT2D eigenvalue weighted by molar-refractivity contribution is 5.91. The lowest BCUT2D eigenvalue weighted by atomic mass is 10.2. The topological polar surface area (TPSA) is 67.8 Å². The number of amides is 1. The molecule has 1 atom stereocenters. The first-order valence-electron chi connectivity index (χ1n) is 5.76. The Morgan fingerprint density at radius 1 is 1.28 bits per heavy atom. The first-order valence-corrected chi connectivity index (χ1v) is 5.76. The summed E-state index contributed by atoms with van der Waals surface area (Å²) < 4.78 is 10.2. The Labute approximate surface area is 107 Å². The Balaban J connectivity index is 2.68. The molecule has 0 bridgehead atoms. The van der Waals surface area contributed by atoms with E-state index >= 15 is 0 Å². The van der Waals surface area contributed by atoms with Crippen LogP contribution in [0.1, 0.15) is 19.8 Å². The predicted molar refractivity (Wildman–Crippen MR) is 69.1 cm³/mol. The van der Waals surface area contributed by atoms with E-state index in [0.29, 0.717) is 23.6 Å². The van der Waals surface area contributed by atoms with Crippen LogP contribution in [-0.4, -0.2) is 31.3 Å². The second kappa shape index (κ2) is 6.86. The van der Waals surface area contributed by atoms with Gasteiger partial charge in [0, 0.05) is 30.3 Å². The number of rotatable bonds is 6. The number of nitrogens with one attached hydrogen (secondary N) is 1. The van der Waals surface area contributed by atoms with Crippen molar-refractivity contribution in [2.24, 2.45) is 0 Å². The van der Waals surface area contributed by atoms with E-state index in [9.17, 15) is 4.79 Å². The SMILES string of the molecule is COc1cc(NC(=O)CCC(C)O)cc(OC)c1. The van der Waals surface area contributed by atoms with Crippen molar-refractivity contribution in [3.05, 3.63) is 18.2 Å². The maximum Gasteiger partial charge on any atom is 0.224 e. The fourth-order valence-electron chi connectivity index (χ4n) is 1.44. The minimum absolute atomic E-state index is 0.147. The van der Waals surface area contributed by atoms with Gasteiger partial charge in [0.1, 0.15) is 11.5 Å². The molecular formula is C13H19NO4. The van der Waals surface area contributed by atoms with Crippen LogP contribution in [-0.2, 0) is 4.79 Å². The zero-order chi connectivity index (χ0) is 13.5. The van der Waals surface area contributed by atoms with Crippen molar-refractivity contribution >= 4 is 11.6 Å². The third-order valence-electron chi connectivity index (χ3n) is 2.42. The van der Waals surface area contributed by atoms with Crippen molar-refractivity contribution < 1.29 is 19.4 Å². The molecule has 2 N–H and O–H groups in total. The van der Waals surface area contributed by atoms with Gasteiger partial charge < -0.3 is 19.9 Å². The van der Waals surface area contributed by atoms with Crippen LogP contribution in [0.5, 0.6) is 11.5 Å².